The van der Waals surface area contributed by atoms with Crippen LogP contribution in [0.25, 0.3) is 0 Å². The van der Waals surface area contributed by atoms with E-state index in [9.17, 15) is 9.59 Å². The van der Waals surface area contributed by atoms with Gasteiger partial charge in [0, 0.05) is 12.2 Å². The Morgan fingerprint density at radius 3 is 2.45 bits per heavy atom. The standard InChI is InChI=1S/C14H20N2O4/c1-10(2)20-8-7-15-14(19)16-12-5-3-11(4-6-12)9-13(17)18/h3-6,10H,7-9H2,1-2H3,(H,17,18)(H2,15,16,19). The van der Waals surface area contributed by atoms with E-state index in [2.05, 4.69) is 10.6 Å². The van der Waals surface area contributed by atoms with Gasteiger partial charge in [0.05, 0.1) is 19.1 Å². The van der Waals surface area contributed by atoms with Crippen molar-refractivity contribution in [3.63, 3.8) is 0 Å². The fourth-order valence-electron chi connectivity index (χ4n) is 1.52. The zero-order chi connectivity index (χ0) is 15.0. The highest BCUT2D eigenvalue weighted by Gasteiger charge is 2.03. The average Bonchev–Trinajstić information content (AvgIpc) is 2.36. The van der Waals surface area contributed by atoms with E-state index in [0.717, 1.165) is 0 Å². The van der Waals surface area contributed by atoms with Crippen molar-refractivity contribution in [2.75, 3.05) is 18.5 Å². The highest BCUT2D eigenvalue weighted by molar-refractivity contribution is 5.89. The smallest absolute Gasteiger partial charge is 0.319 e. The first-order valence-corrected chi connectivity index (χ1v) is 6.44. The van der Waals surface area contributed by atoms with Crippen molar-refractivity contribution in [1.82, 2.24) is 5.32 Å². The summed E-state index contributed by atoms with van der Waals surface area (Å²) >= 11 is 0. The second-order valence-corrected chi connectivity index (χ2v) is 4.57. The van der Waals surface area contributed by atoms with Crippen molar-refractivity contribution in [3.8, 4) is 0 Å². The zero-order valence-corrected chi connectivity index (χ0v) is 11.7. The van der Waals surface area contributed by atoms with Gasteiger partial charge in [-0.2, -0.15) is 0 Å². The summed E-state index contributed by atoms with van der Waals surface area (Å²) in [6, 6.07) is 6.37. The van der Waals surface area contributed by atoms with Gasteiger partial charge in [-0.3, -0.25) is 4.79 Å². The van der Waals surface area contributed by atoms with Gasteiger partial charge in [0.1, 0.15) is 0 Å². The molecule has 0 radical (unpaired) electrons. The lowest BCUT2D eigenvalue weighted by atomic mass is 10.1. The van der Waals surface area contributed by atoms with Crippen molar-refractivity contribution in [3.05, 3.63) is 29.8 Å². The average molecular weight is 280 g/mol. The molecule has 0 saturated carbocycles. The van der Waals surface area contributed by atoms with Gasteiger partial charge in [-0.15, -0.1) is 0 Å². The highest BCUT2D eigenvalue weighted by atomic mass is 16.5. The van der Waals surface area contributed by atoms with Crippen LogP contribution in [0.15, 0.2) is 24.3 Å². The number of nitrogens with one attached hydrogen (secondary N) is 2. The number of ether oxygens (including phenoxy) is 1. The molecule has 1 aromatic carbocycles. The van der Waals surface area contributed by atoms with E-state index in [1.807, 2.05) is 13.8 Å². The number of hydrogen-bond donors (Lipinski definition) is 3. The summed E-state index contributed by atoms with van der Waals surface area (Å²) in [6.45, 7) is 4.75. The number of urea groups is 1. The highest BCUT2D eigenvalue weighted by Crippen LogP contribution is 2.09. The minimum absolute atomic E-state index is 0.0288. The van der Waals surface area contributed by atoms with Crippen LogP contribution in [-0.4, -0.2) is 36.4 Å². The number of benzene rings is 1. The van der Waals surface area contributed by atoms with E-state index in [0.29, 0.717) is 24.4 Å². The molecule has 6 heteroatoms. The number of amides is 2. The summed E-state index contributed by atoms with van der Waals surface area (Å²) in [5.41, 5.74) is 1.30. The molecule has 0 heterocycles. The van der Waals surface area contributed by atoms with Crippen LogP contribution < -0.4 is 10.6 Å². The minimum atomic E-state index is -0.881. The van der Waals surface area contributed by atoms with E-state index < -0.39 is 5.97 Å². The number of aliphatic carboxylic acids is 1. The monoisotopic (exact) mass is 280 g/mol. The summed E-state index contributed by atoms with van der Waals surface area (Å²) in [4.78, 5) is 22.1. The molecule has 3 N–H and O–H groups in total. The first-order valence-electron chi connectivity index (χ1n) is 6.44. The molecule has 110 valence electrons. The van der Waals surface area contributed by atoms with E-state index in [4.69, 9.17) is 9.84 Å². The molecule has 1 aromatic rings. The maximum absolute atomic E-state index is 11.5. The van der Waals surface area contributed by atoms with E-state index in [1.54, 1.807) is 24.3 Å². The summed E-state index contributed by atoms with van der Waals surface area (Å²) < 4.78 is 5.30. The molecule has 6 nitrogen and oxygen atoms in total. The molecule has 0 aliphatic rings. The van der Waals surface area contributed by atoms with Crippen LogP contribution in [0, 0.1) is 0 Å². The molecule has 0 aliphatic heterocycles. The van der Waals surface area contributed by atoms with Crippen LogP contribution in [-0.2, 0) is 16.0 Å². The predicted octanol–water partition coefficient (Wildman–Crippen LogP) is 1.86. The normalized spacial score (nSPS) is 10.3. The van der Waals surface area contributed by atoms with Crippen molar-refractivity contribution < 1.29 is 19.4 Å². The second kappa shape index (κ2) is 8.16. The predicted molar refractivity (Wildman–Crippen MR) is 75.9 cm³/mol. The fraction of sp³-hybridized carbons (Fsp3) is 0.429. The Balaban J connectivity index is 2.33. The molecule has 0 bridgehead atoms. The third kappa shape index (κ3) is 6.75. The molecule has 0 aromatic heterocycles. The summed E-state index contributed by atoms with van der Waals surface area (Å²) in [5.74, 6) is -0.881. The van der Waals surface area contributed by atoms with Crippen LogP contribution in [0.1, 0.15) is 19.4 Å². The van der Waals surface area contributed by atoms with Crippen molar-refractivity contribution in [2.24, 2.45) is 0 Å². The lowest BCUT2D eigenvalue weighted by Crippen LogP contribution is -2.32. The Kier molecular flexibility index (Phi) is 6.52. The van der Waals surface area contributed by atoms with Crippen LogP contribution in [0.5, 0.6) is 0 Å². The zero-order valence-electron chi connectivity index (χ0n) is 11.7. The van der Waals surface area contributed by atoms with Crippen molar-refractivity contribution >= 4 is 17.7 Å². The molecule has 0 unspecified atom stereocenters. The molecule has 0 aliphatic carbocycles. The van der Waals surface area contributed by atoms with Gasteiger partial charge in [-0.25, -0.2) is 4.79 Å². The SMILES string of the molecule is CC(C)OCCNC(=O)Nc1ccc(CC(=O)O)cc1. The lowest BCUT2D eigenvalue weighted by Gasteiger charge is -2.10. The molecule has 0 fully saturated rings. The van der Waals surface area contributed by atoms with Crippen LogP contribution in [0.2, 0.25) is 0 Å². The Morgan fingerprint density at radius 1 is 1.25 bits per heavy atom. The lowest BCUT2D eigenvalue weighted by molar-refractivity contribution is -0.136. The van der Waals surface area contributed by atoms with Gasteiger partial charge >= 0.3 is 12.0 Å². The molecular formula is C14H20N2O4. The summed E-state index contributed by atoms with van der Waals surface area (Å²) in [6.07, 6.45) is 0.112. The maximum atomic E-state index is 11.5. The van der Waals surface area contributed by atoms with Gasteiger partial charge in [-0.05, 0) is 31.5 Å². The Bertz CT molecular complexity index is 443. The minimum Gasteiger partial charge on any atom is -0.481 e. The Hall–Kier alpha value is -2.08. The van der Waals surface area contributed by atoms with Crippen LogP contribution in [0.3, 0.4) is 0 Å². The Labute approximate surface area is 118 Å². The topological polar surface area (TPSA) is 87.7 Å². The first kappa shape index (κ1) is 16.0. The number of carboxylic acids is 1. The number of hydrogen-bond acceptors (Lipinski definition) is 3. The summed E-state index contributed by atoms with van der Waals surface area (Å²) in [7, 11) is 0. The second-order valence-electron chi connectivity index (χ2n) is 4.57. The molecule has 2 amide bonds. The van der Waals surface area contributed by atoms with E-state index in [-0.39, 0.29) is 18.6 Å². The fourth-order valence-corrected chi connectivity index (χ4v) is 1.52. The third-order valence-electron chi connectivity index (χ3n) is 2.41. The quantitative estimate of drug-likeness (QED) is 0.665. The van der Waals surface area contributed by atoms with Gasteiger partial charge in [0.2, 0.25) is 0 Å². The largest absolute Gasteiger partial charge is 0.481 e. The van der Waals surface area contributed by atoms with Crippen molar-refractivity contribution in [1.29, 1.82) is 0 Å². The third-order valence-corrected chi connectivity index (χ3v) is 2.41. The maximum Gasteiger partial charge on any atom is 0.319 e. The van der Waals surface area contributed by atoms with Crippen LogP contribution in [0.4, 0.5) is 10.5 Å². The Morgan fingerprint density at radius 2 is 1.90 bits per heavy atom. The van der Waals surface area contributed by atoms with Gasteiger partial charge in [0.25, 0.3) is 0 Å². The number of carbonyl (C=O) groups is 2. The molecule has 0 saturated heterocycles. The van der Waals surface area contributed by atoms with Crippen molar-refractivity contribution in [2.45, 2.75) is 26.4 Å². The number of rotatable bonds is 7. The van der Waals surface area contributed by atoms with Crippen LogP contribution >= 0.6 is 0 Å². The molecule has 1 rings (SSSR count). The summed E-state index contributed by atoms with van der Waals surface area (Å²) in [5, 5.41) is 14.0. The molecule has 0 spiro atoms. The van der Waals surface area contributed by atoms with Gasteiger partial charge in [0.15, 0.2) is 0 Å². The number of anilines is 1. The van der Waals surface area contributed by atoms with Gasteiger partial charge < -0.3 is 20.5 Å². The molecule has 0 atom stereocenters. The van der Waals surface area contributed by atoms with E-state index in [1.165, 1.54) is 0 Å². The van der Waals surface area contributed by atoms with E-state index >= 15 is 0 Å². The molecular weight excluding hydrogens is 260 g/mol. The molecule has 20 heavy (non-hydrogen) atoms. The van der Waals surface area contributed by atoms with Gasteiger partial charge in [-0.1, -0.05) is 12.1 Å². The number of carboxylic acid groups (broad SMARTS) is 1. The first-order chi connectivity index (χ1) is 9.47. The number of carbonyl (C=O) groups excluding carboxylic acids is 1.